The lowest BCUT2D eigenvalue weighted by Crippen LogP contribution is -2.04. The number of rotatable bonds is 5. The second kappa shape index (κ2) is 6.99. The maximum absolute atomic E-state index is 5.53. The molecular formula is C16H23BrO2. The first-order valence-corrected chi connectivity index (χ1v) is 7.52. The lowest BCUT2D eigenvalue weighted by molar-refractivity contribution is 0.350. The molecule has 0 amide bonds. The molecule has 1 rings (SSSR count). The van der Waals surface area contributed by atoms with E-state index in [1.807, 2.05) is 0 Å². The highest BCUT2D eigenvalue weighted by molar-refractivity contribution is 9.09. The molecule has 0 bridgehead atoms. The minimum Gasteiger partial charge on any atom is -0.493 e. The van der Waals surface area contributed by atoms with Gasteiger partial charge in [-0.15, -0.1) is 0 Å². The summed E-state index contributed by atoms with van der Waals surface area (Å²) >= 11 is 3.44. The predicted octanol–water partition coefficient (Wildman–Crippen LogP) is 4.51. The van der Waals surface area contributed by atoms with Crippen LogP contribution in [0.25, 0.3) is 0 Å². The van der Waals surface area contributed by atoms with E-state index in [0.717, 1.165) is 28.8 Å². The molecule has 3 heteroatoms. The van der Waals surface area contributed by atoms with Crippen LogP contribution in [0.2, 0.25) is 0 Å². The molecule has 0 unspecified atom stereocenters. The van der Waals surface area contributed by atoms with Crippen molar-refractivity contribution in [2.24, 2.45) is 0 Å². The largest absolute Gasteiger partial charge is 0.493 e. The molecule has 0 aliphatic rings. The van der Waals surface area contributed by atoms with Crippen molar-refractivity contribution in [1.82, 2.24) is 0 Å². The fourth-order valence-corrected chi connectivity index (χ4v) is 2.95. The Morgan fingerprint density at radius 2 is 1.53 bits per heavy atom. The van der Waals surface area contributed by atoms with Gasteiger partial charge in [0.2, 0.25) is 0 Å². The second-order valence-corrected chi connectivity index (χ2v) is 5.45. The highest BCUT2D eigenvalue weighted by atomic mass is 79.9. The Balaban J connectivity index is 3.41. The van der Waals surface area contributed by atoms with E-state index in [2.05, 4.69) is 49.7 Å². The topological polar surface area (TPSA) is 18.5 Å². The molecule has 0 heterocycles. The summed E-state index contributed by atoms with van der Waals surface area (Å²) in [6, 6.07) is 0. The van der Waals surface area contributed by atoms with Crippen LogP contribution in [-0.4, -0.2) is 19.5 Å². The molecule has 0 aromatic heterocycles. The van der Waals surface area contributed by atoms with Gasteiger partial charge in [0.15, 0.2) is 11.5 Å². The van der Waals surface area contributed by atoms with Crippen LogP contribution < -0.4 is 9.47 Å². The summed E-state index contributed by atoms with van der Waals surface area (Å²) in [6.45, 7) is 8.50. The Hall–Kier alpha value is -0.960. The standard InChI is InChI=1S/C16H23BrO2/c1-10(7-8-17)9-14-11(2)12(3)15(18-5)16(19-6)13(14)4/h7H,8-9H2,1-6H3/b10-7+. The molecular weight excluding hydrogens is 304 g/mol. The van der Waals surface area contributed by atoms with Crippen molar-refractivity contribution < 1.29 is 9.47 Å². The number of halogens is 1. The molecule has 0 aliphatic carbocycles. The number of hydrogen-bond donors (Lipinski definition) is 0. The van der Waals surface area contributed by atoms with Gasteiger partial charge in [-0.3, -0.25) is 0 Å². The van der Waals surface area contributed by atoms with Crippen molar-refractivity contribution >= 4 is 15.9 Å². The third-order valence-corrected chi connectivity index (χ3v) is 3.97. The summed E-state index contributed by atoms with van der Waals surface area (Å²) in [7, 11) is 3.39. The van der Waals surface area contributed by atoms with Gasteiger partial charge in [0, 0.05) is 5.33 Å². The minimum atomic E-state index is 0.850. The van der Waals surface area contributed by atoms with E-state index in [-0.39, 0.29) is 0 Å². The molecule has 19 heavy (non-hydrogen) atoms. The van der Waals surface area contributed by atoms with Gasteiger partial charge < -0.3 is 9.47 Å². The molecule has 0 aliphatic heterocycles. The van der Waals surface area contributed by atoms with E-state index in [1.165, 1.54) is 22.3 Å². The van der Waals surface area contributed by atoms with Crippen LogP contribution in [0.1, 0.15) is 29.2 Å². The molecule has 0 spiro atoms. The van der Waals surface area contributed by atoms with E-state index in [1.54, 1.807) is 14.2 Å². The highest BCUT2D eigenvalue weighted by Gasteiger charge is 2.18. The monoisotopic (exact) mass is 326 g/mol. The molecule has 0 saturated heterocycles. The normalized spacial score (nSPS) is 11.6. The van der Waals surface area contributed by atoms with E-state index < -0.39 is 0 Å². The average molecular weight is 327 g/mol. The molecule has 0 saturated carbocycles. The Kier molecular flexibility index (Phi) is 5.92. The summed E-state index contributed by atoms with van der Waals surface area (Å²) in [4.78, 5) is 0. The molecule has 2 nitrogen and oxygen atoms in total. The molecule has 0 atom stereocenters. The van der Waals surface area contributed by atoms with Crippen LogP contribution in [0.5, 0.6) is 11.5 Å². The number of ether oxygens (including phenoxy) is 2. The van der Waals surface area contributed by atoms with Gasteiger partial charge in [0.25, 0.3) is 0 Å². The van der Waals surface area contributed by atoms with Crippen molar-refractivity contribution in [1.29, 1.82) is 0 Å². The van der Waals surface area contributed by atoms with Crippen molar-refractivity contribution in [3.8, 4) is 11.5 Å². The summed E-state index contributed by atoms with van der Waals surface area (Å²) in [5.41, 5.74) is 6.31. The number of benzene rings is 1. The van der Waals surface area contributed by atoms with Gasteiger partial charge in [0.05, 0.1) is 14.2 Å². The molecule has 0 fully saturated rings. The lowest BCUT2D eigenvalue weighted by atomic mass is 9.92. The van der Waals surface area contributed by atoms with E-state index in [0.29, 0.717) is 0 Å². The zero-order valence-electron chi connectivity index (χ0n) is 12.7. The SMILES string of the molecule is COc1c(C)c(C)c(C/C(C)=C/CBr)c(C)c1OC. The third-order valence-electron chi connectivity index (χ3n) is 3.64. The fraction of sp³-hybridized carbons (Fsp3) is 0.500. The van der Waals surface area contributed by atoms with Gasteiger partial charge in [-0.1, -0.05) is 27.6 Å². The summed E-state index contributed by atoms with van der Waals surface area (Å²) in [5, 5.41) is 0.892. The zero-order valence-corrected chi connectivity index (χ0v) is 14.3. The van der Waals surface area contributed by atoms with Crippen LogP contribution in [0.15, 0.2) is 11.6 Å². The van der Waals surface area contributed by atoms with Crippen molar-refractivity contribution in [2.75, 3.05) is 19.5 Å². The summed E-state index contributed by atoms with van der Waals surface area (Å²) in [5.74, 6) is 1.70. The van der Waals surface area contributed by atoms with Crippen LogP contribution in [-0.2, 0) is 6.42 Å². The molecule has 0 N–H and O–H groups in total. The van der Waals surface area contributed by atoms with Gasteiger partial charge in [0.1, 0.15) is 0 Å². The second-order valence-electron chi connectivity index (χ2n) is 4.80. The molecule has 1 aromatic rings. The number of hydrogen-bond acceptors (Lipinski definition) is 2. The number of methoxy groups -OCH3 is 2. The van der Waals surface area contributed by atoms with Gasteiger partial charge >= 0.3 is 0 Å². The first kappa shape index (κ1) is 16.1. The first-order chi connectivity index (χ1) is 8.97. The predicted molar refractivity (Wildman–Crippen MR) is 85.0 cm³/mol. The van der Waals surface area contributed by atoms with Crippen LogP contribution >= 0.6 is 15.9 Å². The molecule has 106 valence electrons. The average Bonchev–Trinajstić information content (AvgIpc) is 2.38. The number of allylic oxidation sites excluding steroid dienone is 2. The van der Waals surface area contributed by atoms with Crippen LogP contribution in [0.4, 0.5) is 0 Å². The smallest absolute Gasteiger partial charge is 0.164 e. The third kappa shape index (κ3) is 3.33. The fourth-order valence-electron chi connectivity index (χ4n) is 2.39. The van der Waals surface area contributed by atoms with Crippen LogP contribution in [0, 0.1) is 20.8 Å². The van der Waals surface area contributed by atoms with Crippen molar-refractivity contribution in [2.45, 2.75) is 34.1 Å². The van der Waals surface area contributed by atoms with E-state index in [4.69, 9.17) is 9.47 Å². The van der Waals surface area contributed by atoms with Gasteiger partial charge in [-0.25, -0.2) is 0 Å². The molecule has 1 aromatic carbocycles. The van der Waals surface area contributed by atoms with E-state index in [9.17, 15) is 0 Å². The van der Waals surface area contributed by atoms with Gasteiger partial charge in [-0.05, 0) is 56.4 Å². The number of alkyl halides is 1. The summed E-state index contributed by atoms with van der Waals surface area (Å²) < 4.78 is 11.0. The molecule has 0 radical (unpaired) electrons. The van der Waals surface area contributed by atoms with Crippen molar-refractivity contribution in [3.63, 3.8) is 0 Å². The summed E-state index contributed by atoms with van der Waals surface area (Å²) in [6.07, 6.45) is 3.15. The zero-order chi connectivity index (χ0) is 14.6. The maximum Gasteiger partial charge on any atom is 0.164 e. The van der Waals surface area contributed by atoms with Crippen LogP contribution in [0.3, 0.4) is 0 Å². The highest BCUT2D eigenvalue weighted by Crippen LogP contribution is 2.39. The van der Waals surface area contributed by atoms with Crippen molar-refractivity contribution in [3.05, 3.63) is 33.9 Å². The van der Waals surface area contributed by atoms with Gasteiger partial charge in [-0.2, -0.15) is 0 Å². The maximum atomic E-state index is 5.53. The Bertz CT molecular complexity index is 490. The quantitative estimate of drug-likeness (QED) is 0.585. The Morgan fingerprint density at radius 3 is 2.00 bits per heavy atom. The lowest BCUT2D eigenvalue weighted by Gasteiger charge is -2.20. The Morgan fingerprint density at radius 1 is 1.00 bits per heavy atom. The first-order valence-electron chi connectivity index (χ1n) is 6.40. The van der Waals surface area contributed by atoms with E-state index >= 15 is 0 Å². The minimum absolute atomic E-state index is 0.850. The Labute approximate surface area is 124 Å².